The lowest BCUT2D eigenvalue weighted by molar-refractivity contribution is -0.384. The Balaban J connectivity index is 1.56. The molecule has 0 amide bonds. The van der Waals surface area contributed by atoms with Crippen LogP contribution < -0.4 is 5.32 Å². The average molecular weight is 408 g/mol. The molecule has 0 atom stereocenters. The Hall–Kier alpha value is -3.79. The molecular weight excluding hydrogens is 392 g/mol. The Morgan fingerprint density at radius 1 is 1.21 bits per heavy atom. The largest absolute Gasteiger partial charge is 0.409 e. The molecule has 4 rings (SSSR count). The second kappa shape index (κ2) is 7.68. The summed E-state index contributed by atoms with van der Waals surface area (Å²) in [7, 11) is 0. The van der Waals surface area contributed by atoms with E-state index >= 15 is 0 Å². The number of rotatable bonds is 6. The summed E-state index contributed by atoms with van der Waals surface area (Å²) in [6.45, 7) is 2.13. The third kappa shape index (κ3) is 3.78. The Labute approximate surface area is 170 Å². The highest BCUT2D eigenvalue weighted by Crippen LogP contribution is 2.24. The van der Waals surface area contributed by atoms with Crippen molar-refractivity contribution < 1.29 is 9.34 Å². The summed E-state index contributed by atoms with van der Waals surface area (Å²) in [5.41, 5.74) is 3.11. The maximum Gasteiger partial charge on any atom is 0.289 e. The molecule has 2 aromatic carbocycles. The molecule has 9 nitrogen and oxygen atoms in total. The molecule has 146 valence electrons. The maximum atomic E-state index is 10.9. The van der Waals surface area contributed by atoms with Crippen LogP contribution in [-0.4, -0.2) is 24.5 Å². The van der Waals surface area contributed by atoms with Crippen LogP contribution in [0, 0.1) is 21.9 Å². The zero-order chi connectivity index (χ0) is 20.4. The number of nitrogens with one attached hydrogen (secondary N) is 1. The number of nitro benzene ring substituents is 1. The second-order valence-electron chi connectivity index (χ2n) is 6.21. The van der Waals surface area contributed by atoms with Gasteiger partial charge in [0.1, 0.15) is 6.67 Å². The summed E-state index contributed by atoms with van der Waals surface area (Å²) in [6.07, 6.45) is 1.68. The van der Waals surface area contributed by atoms with Gasteiger partial charge in [0.05, 0.1) is 28.1 Å². The predicted octanol–water partition coefficient (Wildman–Crippen LogP) is 4.34. The van der Waals surface area contributed by atoms with Crippen molar-refractivity contribution in [3.63, 3.8) is 0 Å². The highest BCUT2D eigenvalue weighted by Gasteiger charge is 2.16. The fourth-order valence-electron chi connectivity index (χ4n) is 2.86. The van der Waals surface area contributed by atoms with Gasteiger partial charge in [-0.25, -0.2) is 9.36 Å². The van der Waals surface area contributed by atoms with Gasteiger partial charge in [0, 0.05) is 17.8 Å². The number of hydrogen-bond donors (Lipinski definition) is 1. The molecule has 0 aliphatic heterocycles. The normalized spacial score (nSPS) is 10.8. The molecule has 0 saturated carbocycles. The van der Waals surface area contributed by atoms with Gasteiger partial charge in [-0.2, -0.15) is 5.10 Å². The molecule has 0 spiro atoms. The van der Waals surface area contributed by atoms with Crippen LogP contribution in [-0.2, 0) is 6.67 Å². The van der Waals surface area contributed by atoms with E-state index in [9.17, 15) is 10.1 Å². The van der Waals surface area contributed by atoms with E-state index in [1.54, 1.807) is 23.0 Å². The van der Waals surface area contributed by atoms with Crippen molar-refractivity contribution in [2.24, 2.45) is 0 Å². The Morgan fingerprint density at radius 3 is 2.76 bits per heavy atom. The molecule has 2 aromatic heterocycles. The van der Waals surface area contributed by atoms with Crippen LogP contribution >= 0.6 is 12.2 Å². The molecule has 29 heavy (non-hydrogen) atoms. The summed E-state index contributed by atoms with van der Waals surface area (Å²) in [5.74, 6) is 0.357. The molecule has 10 heteroatoms. The Kier molecular flexibility index (Phi) is 4.92. The summed E-state index contributed by atoms with van der Waals surface area (Å²) in [4.78, 5) is 10.6. The fraction of sp³-hybridized carbons (Fsp3) is 0.105. The number of para-hydroxylation sites is 1. The molecule has 0 unspecified atom stereocenters. The minimum Gasteiger partial charge on any atom is -0.409 e. The van der Waals surface area contributed by atoms with Crippen molar-refractivity contribution in [1.82, 2.24) is 19.6 Å². The van der Waals surface area contributed by atoms with Gasteiger partial charge in [-0.1, -0.05) is 24.3 Å². The number of nitrogens with zero attached hydrogens (tertiary/aromatic N) is 5. The zero-order valence-corrected chi connectivity index (χ0v) is 16.2. The first-order valence-corrected chi connectivity index (χ1v) is 9.10. The third-order valence-electron chi connectivity index (χ3n) is 4.34. The minimum atomic E-state index is -0.446. The summed E-state index contributed by atoms with van der Waals surface area (Å²) >= 11 is 5.26. The van der Waals surface area contributed by atoms with Crippen molar-refractivity contribution in [3.05, 3.63) is 81.4 Å². The highest BCUT2D eigenvalue weighted by atomic mass is 32.1. The number of benzene rings is 2. The summed E-state index contributed by atoms with van der Waals surface area (Å²) < 4.78 is 8.92. The standard InChI is InChI=1S/C19H16N6O3S/c1-13-17(11-21-24(13)15-7-3-2-4-8-15)18-22-23(19(29)28-18)12-20-14-6-5-9-16(10-14)25(26)27/h2-11,20H,12H2,1H3. The monoisotopic (exact) mass is 408 g/mol. The number of anilines is 1. The molecule has 1 N–H and O–H groups in total. The van der Waals surface area contributed by atoms with E-state index in [2.05, 4.69) is 15.5 Å². The van der Waals surface area contributed by atoms with Gasteiger partial charge >= 0.3 is 0 Å². The van der Waals surface area contributed by atoms with Crippen molar-refractivity contribution in [1.29, 1.82) is 0 Å². The van der Waals surface area contributed by atoms with Gasteiger partial charge in [-0.05, 0) is 37.3 Å². The van der Waals surface area contributed by atoms with E-state index < -0.39 is 4.92 Å². The minimum absolute atomic E-state index is 0.00314. The van der Waals surface area contributed by atoms with Crippen molar-refractivity contribution in [2.45, 2.75) is 13.6 Å². The number of non-ortho nitro benzene ring substituents is 1. The van der Waals surface area contributed by atoms with E-state index in [1.165, 1.54) is 16.8 Å². The van der Waals surface area contributed by atoms with Crippen LogP contribution in [0.2, 0.25) is 0 Å². The van der Waals surface area contributed by atoms with Crippen LogP contribution in [0.5, 0.6) is 0 Å². The maximum absolute atomic E-state index is 10.9. The molecule has 0 fully saturated rings. The lowest BCUT2D eigenvalue weighted by Crippen LogP contribution is -2.09. The predicted molar refractivity (Wildman–Crippen MR) is 109 cm³/mol. The summed E-state index contributed by atoms with van der Waals surface area (Å²) in [6, 6.07) is 15.9. The van der Waals surface area contributed by atoms with Crippen LogP contribution in [0.3, 0.4) is 0 Å². The molecular formula is C19H16N6O3S. The van der Waals surface area contributed by atoms with E-state index in [0.29, 0.717) is 11.6 Å². The summed E-state index contributed by atoms with van der Waals surface area (Å²) in [5, 5.41) is 22.8. The van der Waals surface area contributed by atoms with E-state index in [0.717, 1.165) is 16.9 Å². The second-order valence-corrected chi connectivity index (χ2v) is 6.56. The molecule has 0 saturated heterocycles. The fourth-order valence-corrected chi connectivity index (χ4v) is 3.04. The molecule has 4 aromatic rings. The molecule has 0 aliphatic rings. The first kappa shape index (κ1) is 18.6. The zero-order valence-electron chi connectivity index (χ0n) is 15.3. The van der Waals surface area contributed by atoms with Crippen molar-refractivity contribution in [2.75, 3.05) is 5.32 Å². The average Bonchev–Trinajstić information content (AvgIpc) is 3.29. The smallest absolute Gasteiger partial charge is 0.289 e. The molecule has 0 bridgehead atoms. The molecule has 2 heterocycles. The lowest BCUT2D eigenvalue weighted by Gasteiger charge is -2.05. The third-order valence-corrected chi connectivity index (χ3v) is 4.63. The SMILES string of the molecule is Cc1c(-c2nn(CNc3cccc([N+](=O)[O-])c3)c(=S)o2)cnn1-c1ccccc1. The first-order valence-electron chi connectivity index (χ1n) is 8.69. The number of hydrogen-bond acceptors (Lipinski definition) is 7. The van der Waals surface area contributed by atoms with Crippen molar-refractivity contribution in [3.8, 4) is 17.1 Å². The van der Waals surface area contributed by atoms with E-state index in [4.69, 9.17) is 16.6 Å². The Morgan fingerprint density at radius 2 is 2.00 bits per heavy atom. The Bertz CT molecular complexity index is 1230. The number of aromatic nitrogens is 4. The molecule has 0 aliphatic carbocycles. The number of nitro groups is 1. The van der Waals surface area contributed by atoms with Crippen LogP contribution in [0.1, 0.15) is 5.69 Å². The topological polar surface area (TPSA) is 104 Å². The highest BCUT2D eigenvalue weighted by molar-refractivity contribution is 7.71. The van der Waals surface area contributed by atoms with Gasteiger partial charge in [-0.15, -0.1) is 5.10 Å². The van der Waals surface area contributed by atoms with Crippen LogP contribution in [0.15, 0.2) is 65.2 Å². The van der Waals surface area contributed by atoms with Gasteiger partial charge < -0.3 is 9.73 Å². The quantitative estimate of drug-likeness (QED) is 0.287. The van der Waals surface area contributed by atoms with E-state index in [-0.39, 0.29) is 17.2 Å². The lowest BCUT2D eigenvalue weighted by atomic mass is 10.2. The van der Waals surface area contributed by atoms with Crippen LogP contribution in [0.4, 0.5) is 11.4 Å². The first-order chi connectivity index (χ1) is 14.0. The van der Waals surface area contributed by atoms with Crippen molar-refractivity contribution >= 4 is 23.6 Å². The van der Waals surface area contributed by atoms with Gasteiger partial charge in [0.25, 0.3) is 10.5 Å². The van der Waals surface area contributed by atoms with Gasteiger partial charge in [0.2, 0.25) is 5.89 Å². The van der Waals surface area contributed by atoms with Gasteiger partial charge in [0.15, 0.2) is 0 Å². The van der Waals surface area contributed by atoms with E-state index in [1.807, 2.05) is 37.3 Å². The van der Waals surface area contributed by atoms with Gasteiger partial charge in [-0.3, -0.25) is 10.1 Å². The van der Waals surface area contributed by atoms with Crippen LogP contribution in [0.25, 0.3) is 17.1 Å². The molecule has 0 radical (unpaired) electrons.